The zero-order valence-electron chi connectivity index (χ0n) is 16.7. The van der Waals surface area contributed by atoms with Crippen LogP contribution < -0.4 is 4.90 Å². The van der Waals surface area contributed by atoms with Crippen LogP contribution in [-0.2, 0) is 22.4 Å². The van der Waals surface area contributed by atoms with Crippen molar-refractivity contribution in [3.05, 3.63) is 52.7 Å². The largest absolute Gasteiger partial charge is 0.375 e. The minimum absolute atomic E-state index is 0.00171. The van der Waals surface area contributed by atoms with Crippen molar-refractivity contribution in [3.63, 3.8) is 0 Å². The van der Waals surface area contributed by atoms with Crippen LogP contribution in [0, 0.1) is 12.7 Å². The molecule has 6 nitrogen and oxygen atoms in total. The van der Waals surface area contributed by atoms with E-state index in [-0.39, 0.29) is 18.3 Å². The van der Waals surface area contributed by atoms with E-state index in [1.165, 1.54) is 13.2 Å². The summed E-state index contributed by atoms with van der Waals surface area (Å²) in [5, 5.41) is 0. The van der Waals surface area contributed by atoms with Gasteiger partial charge in [0.25, 0.3) is 0 Å². The zero-order chi connectivity index (χ0) is 20.1. The van der Waals surface area contributed by atoms with Gasteiger partial charge in [0.2, 0.25) is 5.91 Å². The van der Waals surface area contributed by atoms with Gasteiger partial charge in [0.15, 0.2) is 0 Å². The quantitative estimate of drug-likeness (QED) is 0.763. The third-order valence-corrected chi connectivity index (χ3v) is 5.04. The van der Waals surface area contributed by atoms with Crippen LogP contribution in [0.1, 0.15) is 29.6 Å². The summed E-state index contributed by atoms with van der Waals surface area (Å²) >= 11 is 0. The second kappa shape index (κ2) is 9.10. The van der Waals surface area contributed by atoms with Gasteiger partial charge in [-0.15, -0.1) is 0 Å². The topological polar surface area (TPSA) is 58.6 Å². The maximum absolute atomic E-state index is 14.3. The molecule has 1 aliphatic rings. The maximum Gasteiger partial charge on any atom is 0.248 e. The summed E-state index contributed by atoms with van der Waals surface area (Å²) in [5.74, 6) is 1.35. The zero-order valence-corrected chi connectivity index (χ0v) is 16.7. The number of methoxy groups -OCH3 is 1. The molecule has 150 valence electrons. The molecule has 0 unspecified atom stereocenters. The van der Waals surface area contributed by atoms with Crippen LogP contribution in [-0.4, -0.2) is 60.7 Å². The number of aryl methyl sites for hydroxylation is 2. The Kier molecular flexibility index (Phi) is 6.57. The molecule has 1 saturated heterocycles. The van der Waals surface area contributed by atoms with Crippen LogP contribution in [0.2, 0.25) is 0 Å². The predicted molar refractivity (Wildman–Crippen MR) is 106 cm³/mol. The molecular formula is C21H27FN4O2. The van der Waals surface area contributed by atoms with Gasteiger partial charge in [-0.2, -0.15) is 0 Å². The van der Waals surface area contributed by atoms with E-state index in [1.807, 2.05) is 17.9 Å². The van der Waals surface area contributed by atoms with Crippen LogP contribution in [0.25, 0.3) is 0 Å². The van der Waals surface area contributed by atoms with Crippen molar-refractivity contribution in [3.8, 4) is 0 Å². The van der Waals surface area contributed by atoms with E-state index < -0.39 is 0 Å². The summed E-state index contributed by atoms with van der Waals surface area (Å²) in [6.07, 6.45) is 1.21. The molecule has 1 aromatic heterocycles. The van der Waals surface area contributed by atoms with Gasteiger partial charge >= 0.3 is 0 Å². The average Bonchev–Trinajstić information content (AvgIpc) is 2.70. The molecule has 0 bridgehead atoms. The lowest BCUT2D eigenvalue weighted by molar-refractivity contribution is -0.135. The maximum atomic E-state index is 14.3. The molecule has 0 saturated carbocycles. The summed E-state index contributed by atoms with van der Waals surface area (Å²) in [4.78, 5) is 25.3. The monoisotopic (exact) mass is 386 g/mol. The Balaban J connectivity index is 1.87. The van der Waals surface area contributed by atoms with Gasteiger partial charge in [-0.3, -0.25) is 4.79 Å². The highest BCUT2D eigenvalue weighted by atomic mass is 19.1. The summed E-state index contributed by atoms with van der Waals surface area (Å²) in [7, 11) is 1.53. The first-order valence-electron chi connectivity index (χ1n) is 9.65. The molecule has 0 aliphatic carbocycles. The van der Waals surface area contributed by atoms with Crippen LogP contribution in [0.15, 0.2) is 24.3 Å². The molecule has 1 aliphatic heterocycles. The van der Waals surface area contributed by atoms with E-state index in [4.69, 9.17) is 9.72 Å². The van der Waals surface area contributed by atoms with Gasteiger partial charge in [0, 0.05) is 51.0 Å². The van der Waals surface area contributed by atoms with Crippen LogP contribution in [0.4, 0.5) is 10.2 Å². The Bertz CT molecular complexity index is 835. The van der Waals surface area contributed by atoms with E-state index in [0.29, 0.717) is 44.0 Å². The van der Waals surface area contributed by atoms with Crippen molar-refractivity contribution in [2.45, 2.75) is 26.7 Å². The third-order valence-electron chi connectivity index (χ3n) is 5.04. The standard InChI is InChI=1S/C21H27FN4O2/c1-4-19-17(13-16-7-5-6-8-18(16)22)21(24-15(2)23-19)26-11-9-25(10-12-26)20(27)14-28-3/h5-8H,4,9-14H2,1-3H3. The van der Waals surface area contributed by atoms with E-state index in [2.05, 4.69) is 16.8 Å². The normalized spacial score (nSPS) is 14.4. The second-order valence-corrected chi connectivity index (χ2v) is 6.94. The molecule has 0 radical (unpaired) electrons. The van der Waals surface area contributed by atoms with Gasteiger partial charge in [-0.25, -0.2) is 14.4 Å². The Morgan fingerprint density at radius 1 is 1.18 bits per heavy atom. The molecule has 1 amide bonds. The van der Waals surface area contributed by atoms with E-state index in [1.54, 1.807) is 12.1 Å². The fourth-order valence-electron chi connectivity index (χ4n) is 3.59. The number of benzene rings is 1. The molecule has 28 heavy (non-hydrogen) atoms. The van der Waals surface area contributed by atoms with Crippen LogP contribution in [0.5, 0.6) is 0 Å². The second-order valence-electron chi connectivity index (χ2n) is 6.94. The molecule has 0 N–H and O–H groups in total. The highest BCUT2D eigenvalue weighted by Crippen LogP contribution is 2.26. The van der Waals surface area contributed by atoms with Crippen LogP contribution in [0.3, 0.4) is 0 Å². The summed E-state index contributed by atoms with van der Waals surface area (Å²) in [6.45, 7) is 6.63. The van der Waals surface area contributed by atoms with Crippen molar-refractivity contribution < 1.29 is 13.9 Å². The highest BCUT2D eigenvalue weighted by molar-refractivity contribution is 5.77. The lowest BCUT2D eigenvalue weighted by Crippen LogP contribution is -2.50. The number of hydrogen-bond donors (Lipinski definition) is 0. The predicted octanol–water partition coefficient (Wildman–Crippen LogP) is 2.37. The van der Waals surface area contributed by atoms with Crippen molar-refractivity contribution in [1.29, 1.82) is 0 Å². The Morgan fingerprint density at radius 2 is 1.89 bits per heavy atom. The molecule has 0 spiro atoms. The fourth-order valence-corrected chi connectivity index (χ4v) is 3.59. The lowest BCUT2D eigenvalue weighted by atomic mass is 10.0. The van der Waals surface area contributed by atoms with Gasteiger partial charge in [-0.1, -0.05) is 25.1 Å². The number of carbonyl (C=O) groups is 1. The molecule has 2 heterocycles. The van der Waals surface area contributed by atoms with Crippen molar-refractivity contribution in [2.24, 2.45) is 0 Å². The highest BCUT2D eigenvalue weighted by Gasteiger charge is 2.25. The smallest absolute Gasteiger partial charge is 0.248 e. The molecule has 0 atom stereocenters. The Morgan fingerprint density at radius 3 is 2.54 bits per heavy atom. The van der Waals surface area contributed by atoms with E-state index in [9.17, 15) is 9.18 Å². The number of halogens is 1. The van der Waals surface area contributed by atoms with Gasteiger partial charge < -0.3 is 14.5 Å². The first kappa shape index (κ1) is 20.2. The molecule has 3 rings (SSSR count). The van der Waals surface area contributed by atoms with Crippen molar-refractivity contribution in [2.75, 3.05) is 44.8 Å². The summed E-state index contributed by atoms with van der Waals surface area (Å²) in [6, 6.07) is 6.83. The SMILES string of the molecule is CCc1nc(C)nc(N2CCN(C(=O)COC)CC2)c1Cc1ccccc1F. The molecule has 1 aromatic carbocycles. The molecular weight excluding hydrogens is 359 g/mol. The fraction of sp³-hybridized carbons (Fsp3) is 0.476. The first-order chi connectivity index (χ1) is 13.5. The average molecular weight is 386 g/mol. The number of aromatic nitrogens is 2. The number of hydrogen-bond acceptors (Lipinski definition) is 5. The Hall–Kier alpha value is -2.54. The van der Waals surface area contributed by atoms with E-state index in [0.717, 1.165) is 23.5 Å². The van der Waals surface area contributed by atoms with Crippen molar-refractivity contribution in [1.82, 2.24) is 14.9 Å². The first-order valence-corrected chi connectivity index (χ1v) is 9.65. The summed E-state index contributed by atoms with van der Waals surface area (Å²) < 4.78 is 19.2. The summed E-state index contributed by atoms with van der Waals surface area (Å²) in [5.41, 5.74) is 2.55. The molecule has 1 fully saturated rings. The number of carbonyl (C=O) groups excluding carboxylic acids is 1. The number of anilines is 1. The minimum Gasteiger partial charge on any atom is -0.375 e. The molecule has 2 aromatic rings. The number of rotatable bonds is 6. The van der Waals surface area contributed by atoms with E-state index >= 15 is 0 Å². The number of piperazine rings is 1. The minimum atomic E-state index is -0.217. The lowest BCUT2D eigenvalue weighted by Gasteiger charge is -2.36. The van der Waals surface area contributed by atoms with Crippen LogP contribution >= 0.6 is 0 Å². The third kappa shape index (κ3) is 4.47. The van der Waals surface area contributed by atoms with Gasteiger partial charge in [-0.05, 0) is 25.0 Å². The van der Waals surface area contributed by atoms with Gasteiger partial charge in [0.1, 0.15) is 24.1 Å². The molecule has 7 heteroatoms. The Labute approximate surface area is 165 Å². The van der Waals surface area contributed by atoms with Gasteiger partial charge in [0.05, 0.1) is 0 Å². The van der Waals surface area contributed by atoms with Crippen molar-refractivity contribution >= 4 is 11.7 Å². The number of ether oxygens (including phenoxy) is 1. The number of nitrogens with zero attached hydrogens (tertiary/aromatic N) is 4. The number of amides is 1.